The van der Waals surface area contributed by atoms with Crippen molar-refractivity contribution in [3.8, 4) is 11.6 Å². The number of rotatable bonds is 3. The highest BCUT2D eigenvalue weighted by atomic mass is 35.5. The molecule has 0 radical (unpaired) electrons. The summed E-state index contributed by atoms with van der Waals surface area (Å²) in [5.74, 6) is 1.52. The zero-order valence-corrected chi connectivity index (χ0v) is 13.3. The first kappa shape index (κ1) is 15.4. The molecule has 110 valence electrons. The highest BCUT2D eigenvalue weighted by molar-refractivity contribution is 7.10. The smallest absolute Gasteiger partial charge is 0.277 e. The average Bonchev–Trinajstić information content (AvgIpc) is 3.08. The number of thiazole rings is 1. The molecule has 2 aromatic heterocycles. The molecule has 2 aromatic rings. The highest BCUT2D eigenvalue weighted by Gasteiger charge is 2.36. The largest absolute Gasteiger partial charge is 0.332 e. The molecule has 0 aromatic carbocycles. The van der Waals surface area contributed by atoms with Crippen molar-refractivity contribution < 1.29 is 4.52 Å². The van der Waals surface area contributed by atoms with Gasteiger partial charge in [0, 0.05) is 11.3 Å². The van der Waals surface area contributed by atoms with Crippen molar-refractivity contribution in [1.82, 2.24) is 15.1 Å². The Bertz CT molecular complexity index is 574. The third-order valence-corrected chi connectivity index (χ3v) is 4.75. The fourth-order valence-corrected chi connectivity index (χ4v) is 3.22. The Morgan fingerprint density at radius 1 is 1.30 bits per heavy atom. The quantitative estimate of drug-likeness (QED) is 0.938. The standard InChI is InChI=1S/C13H18N4OS.ClH/c1-8(2)11-15-9(7-19-11)10-16-12(17-18-10)13(14)5-3-4-6-13;/h7-8H,3-6,14H2,1-2H3;1H. The van der Waals surface area contributed by atoms with Crippen LogP contribution in [-0.4, -0.2) is 15.1 Å². The minimum absolute atomic E-state index is 0. The summed E-state index contributed by atoms with van der Waals surface area (Å²) in [5.41, 5.74) is 6.68. The van der Waals surface area contributed by atoms with Gasteiger partial charge in [0.05, 0.1) is 10.5 Å². The zero-order chi connectivity index (χ0) is 13.5. The van der Waals surface area contributed by atoms with Gasteiger partial charge in [0.1, 0.15) is 5.69 Å². The van der Waals surface area contributed by atoms with E-state index in [1.807, 2.05) is 5.38 Å². The van der Waals surface area contributed by atoms with E-state index >= 15 is 0 Å². The Labute approximate surface area is 128 Å². The first-order valence-corrected chi connectivity index (χ1v) is 7.55. The fraction of sp³-hybridized carbons (Fsp3) is 0.615. The van der Waals surface area contributed by atoms with E-state index in [-0.39, 0.29) is 12.4 Å². The molecule has 0 amide bonds. The van der Waals surface area contributed by atoms with Gasteiger partial charge in [-0.05, 0) is 12.8 Å². The van der Waals surface area contributed by atoms with E-state index in [0.29, 0.717) is 17.6 Å². The third-order valence-electron chi connectivity index (χ3n) is 3.60. The van der Waals surface area contributed by atoms with E-state index in [4.69, 9.17) is 10.3 Å². The van der Waals surface area contributed by atoms with Crippen LogP contribution in [0.1, 0.15) is 56.3 Å². The van der Waals surface area contributed by atoms with E-state index in [1.54, 1.807) is 11.3 Å². The third kappa shape index (κ3) is 2.73. The van der Waals surface area contributed by atoms with Gasteiger partial charge in [-0.1, -0.05) is 31.8 Å². The van der Waals surface area contributed by atoms with Crippen molar-refractivity contribution in [3.63, 3.8) is 0 Å². The maximum Gasteiger partial charge on any atom is 0.277 e. The first-order valence-electron chi connectivity index (χ1n) is 6.67. The second-order valence-corrected chi connectivity index (χ2v) is 6.40. The SMILES string of the molecule is CC(C)c1nc(-c2nc(C3(N)CCCC3)no2)cs1.Cl. The Hall–Kier alpha value is -0.980. The average molecular weight is 315 g/mol. The van der Waals surface area contributed by atoms with E-state index in [2.05, 4.69) is 29.0 Å². The molecule has 3 rings (SSSR count). The van der Waals surface area contributed by atoms with Crippen LogP contribution in [0.3, 0.4) is 0 Å². The summed E-state index contributed by atoms with van der Waals surface area (Å²) in [6.07, 6.45) is 4.13. The molecule has 0 spiro atoms. The van der Waals surface area contributed by atoms with Gasteiger partial charge in [0.25, 0.3) is 5.89 Å². The zero-order valence-electron chi connectivity index (χ0n) is 11.6. The second-order valence-electron chi connectivity index (χ2n) is 5.51. The van der Waals surface area contributed by atoms with Gasteiger partial charge in [-0.3, -0.25) is 0 Å². The predicted molar refractivity (Wildman–Crippen MR) is 81.1 cm³/mol. The molecule has 20 heavy (non-hydrogen) atoms. The van der Waals surface area contributed by atoms with E-state index in [1.165, 1.54) is 0 Å². The van der Waals surface area contributed by atoms with Crippen LogP contribution in [0.2, 0.25) is 0 Å². The number of halogens is 1. The first-order chi connectivity index (χ1) is 9.08. The highest BCUT2D eigenvalue weighted by Crippen LogP contribution is 2.35. The van der Waals surface area contributed by atoms with Gasteiger partial charge in [0.15, 0.2) is 5.82 Å². The number of nitrogens with two attached hydrogens (primary N) is 1. The minimum Gasteiger partial charge on any atom is -0.332 e. The van der Waals surface area contributed by atoms with Gasteiger partial charge in [-0.2, -0.15) is 4.98 Å². The van der Waals surface area contributed by atoms with Gasteiger partial charge in [-0.25, -0.2) is 4.98 Å². The number of aromatic nitrogens is 3. The van der Waals surface area contributed by atoms with Gasteiger partial charge >= 0.3 is 0 Å². The van der Waals surface area contributed by atoms with Crippen LogP contribution in [0.25, 0.3) is 11.6 Å². The summed E-state index contributed by atoms with van der Waals surface area (Å²) in [4.78, 5) is 8.97. The summed E-state index contributed by atoms with van der Waals surface area (Å²) in [6, 6.07) is 0. The molecule has 1 saturated carbocycles. The van der Waals surface area contributed by atoms with Crippen LogP contribution in [0.4, 0.5) is 0 Å². The molecule has 0 saturated heterocycles. The molecule has 1 aliphatic carbocycles. The van der Waals surface area contributed by atoms with Crippen molar-refractivity contribution in [2.75, 3.05) is 0 Å². The molecule has 2 heterocycles. The van der Waals surface area contributed by atoms with Crippen LogP contribution in [0.15, 0.2) is 9.90 Å². The lowest BCUT2D eigenvalue weighted by Crippen LogP contribution is -2.34. The van der Waals surface area contributed by atoms with Gasteiger partial charge in [-0.15, -0.1) is 23.7 Å². The Morgan fingerprint density at radius 2 is 2.00 bits per heavy atom. The lowest BCUT2D eigenvalue weighted by Gasteiger charge is -2.17. The van der Waals surface area contributed by atoms with Crippen molar-refractivity contribution in [2.24, 2.45) is 5.73 Å². The van der Waals surface area contributed by atoms with Crippen LogP contribution < -0.4 is 5.73 Å². The summed E-state index contributed by atoms with van der Waals surface area (Å²) in [5, 5.41) is 7.10. The van der Waals surface area contributed by atoms with E-state index in [9.17, 15) is 0 Å². The molecule has 5 nitrogen and oxygen atoms in total. The van der Waals surface area contributed by atoms with Crippen molar-refractivity contribution in [2.45, 2.75) is 51.0 Å². The minimum atomic E-state index is -0.404. The van der Waals surface area contributed by atoms with Crippen molar-refractivity contribution >= 4 is 23.7 Å². The lowest BCUT2D eigenvalue weighted by atomic mass is 9.99. The van der Waals surface area contributed by atoms with E-state index < -0.39 is 5.54 Å². The van der Waals surface area contributed by atoms with Gasteiger partial charge in [0.2, 0.25) is 0 Å². The molecule has 0 bridgehead atoms. The molecular weight excluding hydrogens is 296 g/mol. The Balaban J connectivity index is 0.00000147. The number of hydrogen-bond donors (Lipinski definition) is 1. The predicted octanol–water partition coefficient (Wildman–Crippen LogP) is 3.47. The molecule has 0 aliphatic heterocycles. The number of nitrogens with zero attached hydrogens (tertiary/aromatic N) is 3. The monoisotopic (exact) mass is 314 g/mol. The van der Waals surface area contributed by atoms with Crippen LogP contribution >= 0.6 is 23.7 Å². The van der Waals surface area contributed by atoms with Crippen molar-refractivity contribution in [3.05, 3.63) is 16.2 Å². The molecule has 1 aliphatic rings. The van der Waals surface area contributed by atoms with Crippen LogP contribution in [0, 0.1) is 0 Å². The summed E-state index contributed by atoms with van der Waals surface area (Å²) in [6.45, 7) is 4.24. The van der Waals surface area contributed by atoms with Crippen LogP contribution in [-0.2, 0) is 5.54 Å². The number of hydrogen-bond acceptors (Lipinski definition) is 6. The topological polar surface area (TPSA) is 77.8 Å². The molecule has 0 unspecified atom stereocenters. The normalized spacial score (nSPS) is 17.4. The molecular formula is C13H19ClN4OS. The molecule has 1 fully saturated rings. The second kappa shape index (κ2) is 5.79. The maximum atomic E-state index is 6.32. The van der Waals surface area contributed by atoms with Gasteiger partial charge < -0.3 is 10.3 Å². The molecule has 2 N–H and O–H groups in total. The molecule has 7 heteroatoms. The summed E-state index contributed by atoms with van der Waals surface area (Å²) in [7, 11) is 0. The Kier molecular flexibility index (Phi) is 4.46. The Morgan fingerprint density at radius 3 is 2.60 bits per heavy atom. The fourth-order valence-electron chi connectivity index (χ4n) is 2.41. The summed E-state index contributed by atoms with van der Waals surface area (Å²) >= 11 is 1.62. The van der Waals surface area contributed by atoms with Crippen molar-refractivity contribution in [1.29, 1.82) is 0 Å². The molecule has 0 atom stereocenters. The van der Waals surface area contributed by atoms with E-state index in [0.717, 1.165) is 36.4 Å². The maximum absolute atomic E-state index is 6.32. The lowest BCUT2D eigenvalue weighted by molar-refractivity contribution is 0.372. The van der Waals surface area contributed by atoms with Crippen LogP contribution in [0.5, 0.6) is 0 Å². The summed E-state index contributed by atoms with van der Waals surface area (Å²) < 4.78 is 5.32.